The predicted molar refractivity (Wildman–Crippen MR) is 85.6 cm³/mol. The number of hydrogen-bond acceptors (Lipinski definition) is 4. The molecule has 112 valence electrons. The highest BCUT2D eigenvalue weighted by Gasteiger charge is 2.09. The van der Waals surface area contributed by atoms with E-state index in [1.807, 2.05) is 18.5 Å². The summed E-state index contributed by atoms with van der Waals surface area (Å²) in [5, 5.41) is 4.00. The molecule has 0 unspecified atom stereocenters. The van der Waals surface area contributed by atoms with Crippen molar-refractivity contribution in [3.63, 3.8) is 0 Å². The molecule has 0 fully saturated rings. The van der Waals surface area contributed by atoms with Crippen molar-refractivity contribution in [2.45, 2.75) is 20.4 Å². The van der Waals surface area contributed by atoms with Gasteiger partial charge >= 0.3 is 0 Å². The lowest BCUT2D eigenvalue weighted by Crippen LogP contribution is -2.19. The van der Waals surface area contributed by atoms with Crippen LogP contribution in [0.15, 0.2) is 30.6 Å². The molecule has 1 N–H and O–H groups in total. The zero-order chi connectivity index (χ0) is 15.2. The van der Waals surface area contributed by atoms with Gasteiger partial charge in [-0.1, -0.05) is 25.4 Å². The Morgan fingerprint density at radius 2 is 1.95 bits per heavy atom. The molecule has 2 rings (SSSR count). The minimum Gasteiger partial charge on any atom is -0.496 e. The lowest BCUT2D eigenvalue weighted by molar-refractivity contribution is 0.416. The fourth-order valence-corrected chi connectivity index (χ4v) is 2.10. The quantitative estimate of drug-likeness (QED) is 0.886. The molecule has 1 aromatic heterocycles. The van der Waals surface area contributed by atoms with E-state index in [4.69, 9.17) is 16.3 Å². The third-order valence-electron chi connectivity index (χ3n) is 2.99. The number of halogens is 1. The standard InChI is InChI=1S/C16H20ClN3O/c1-11(2)7-18-8-12-9-19-16(20-10-12)14-5-4-13(17)6-15(14)21-3/h4-6,9-11,18H,7-8H2,1-3H3. The number of hydrogen-bond donors (Lipinski definition) is 1. The number of benzene rings is 1. The van der Waals surface area contributed by atoms with E-state index in [9.17, 15) is 0 Å². The summed E-state index contributed by atoms with van der Waals surface area (Å²) in [6.07, 6.45) is 3.67. The van der Waals surface area contributed by atoms with E-state index in [0.29, 0.717) is 22.5 Å². The van der Waals surface area contributed by atoms with E-state index < -0.39 is 0 Å². The molecule has 1 heterocycles. The van der Waals surface area contributed by atoms with Crippen LogP contribution in [0.1, 0.15) is 19.4 Å². The van der Waals surface area contributed by atoms with Crippen LogP contribution in [0.3, 0.4) is 0 Å². The Labute approximate surface area is 130 Å². The summed E-state index contributed by atoms with van der Waals surface area (Å²) in [7, 11) is 1.61. The Bertz CT molecular complexity index is 585. The van der Waals surface area contributed by atoms with E-state index in [2.05, 4.69) is 29.1 Å². The highest BCUT2D eigenvalue weighted by molar-refractivity contribution is 6.30. The molecule has 21 heavy (non-hydrogen) atoms. The normalized spacial score (nSPS) is 10.9. The average molecular weight is 306 g/mol. The van der Waals surface area contributed by atoms with Gasteiger partial charge < -0.3 is 10.1 Å². The van der Waals surface area contributed by atoms with Crippen LogP contribution in [-0.2, 0) is 6.54 Å². The van der Waals surface area contributed by atoms with E-state index in [1.165, 1.54) is 0 Å². The van der Waals surface area contributed by atoms with E-state index >= 15 is 0 Å². The summed E-state index contributed by atoms with van der Waals surface area (Å²) >= 11 is 5.96. The van der Waals surface area contributed by atoms with Crippen LogP contribution in [0.4, 0.5) is 0 Å². The Morgan fingerprint density at radius 3 is 2.57 bits per heavy atom. The first-order valence-corrected chi connectivity index (χ1v) is 7.33. The summed E-state index contributed by atoms with van der Waals surface area (Å²) < 4.78 is 5.33. The van der Waals surface area contributed by atoms with Crippen molar-refractivity contribution in [1.82, 2.24) is 15.3 Å². The first-order chi connectivity index (χ1) is 10.1. The average Bonchev–Trinajstić information content (AvgIpc) is 2.47. The maximum Gasteiger partial charge on any atom is 0.162 e. The van der Waals surface area contributed by atoms with E-state index in [1.54, 1.807) is 19.2 Å². The second-order valence-corrected chi connectivity index (χ2v) is 5.72. The second kappa shape index (κ2) is 7.38. The van der Waals surface area contributed by atoms with Crippen molar-refractivity contribution < 1.29 is 4.74 Å². The molecule has 0 aliphatic rings. The summed E-state index contributed by atoms with van der Waals surface area (Å²) in [4.78, 5) is 8.82. The van der Waals surface area contributed by atoms with Crippen molar-refractivity contribution >= 4 is 11.6 Å². The van der Waals surface area contributed by atoms with Crippen LogP contribution in [0.2, 0.25) is 5.02 Å². The summed E-state index contributed by atoms with van der Waals surface area (Å²) in [6, 6.07) is 5.44. The zero-order valence-corrected chi connectivity index (χ0v) is 13.3. The van der Waals surface area contributed by atoms with Crippen LogP contribution in [0.25, 0.3) is 11.4 Å². The van der Waals surface area contributed by atoms with Gasteiger partial charge in [0.2, 0.25) is 0 Å². The van der Waals surface area contributed by atoms with Crippen LogP contribution < -0.4 is 10.1 Å². The predicted octanol–water partition coefficient (Wildman–Crippen LogP) is 3.55. The third-order valence-corrected chi connectivity index (χ3v) is 3.23. The summed E-state index contributed by atoms with van der Waals surface area (Å²) in [5.74, 6) is 1.94. The van der Waals surface area contributed by atoms with Crippen molar-refractivity contribution in [3.05, 3.63) is 41.2 Å². The molecular weight excluding hydrogens is 286 g/mol. The number of rotatable bonds is 6. The molecule has 0 radical (unpaired) electrons. The lowest BCUT2D eigenvalue weighted by atomic mass is 10.2. The minimum atomic E-state index is 0.628. The molecule has 2 aromatic rings. The molecular formula is C16H20ClN3O. The van der Waals surface area contributed by atoms with Crippen molar-refractivity contribution in [2.75, 3.05) is 13.7 Å². The Hall–Kier alpha value is -1.65. The first-order valence-electron chi connectivity index (χ1n) is 6.95. The largest absolute Gasteiger partial charge is 0.496 e. The molecule has 0 aliphatic heterocycles. The van der Waals surface area contributed by atoms with Crippen LogP contribution in [0.5, 0.6) is 5.75 Å². The lowest BCUT2D eigenvalue weighted by Gasteiger charge is -2.09. The SMILES string of the molecule is COc1cc(Cl)ccc1-c1ncc(CNCC(C)C)cn1. The van der Waals surface area contributed by atoms with Gasteiger partial charge in [0.1, 0.15) is 5.75 Å². The van der Waals surface area contributed by atoms with Crippen molar-refractivity contribution in [2.24, 2.45) is 5.92 Å². The van der Waals surface area contributed by atoms with Gasteiger partial charge in [0.05, 0.1) is 12.7 Å². The highest BCUT2D eigenvalue weighted by atomic mass is 35.5. The second-order valence-electron chi connectivity index (χ2n) is 5.28. The fourth-order valence-electron chi connectivity index (χ4n) is 1.94. The minimum absolute atomic E-state index is 0.628. The van der Waals surface area contributed by atoms with Gasteiger partial charge in [-0.2, -0.15) is 0 Å². The smallest absolute Gasteiger partial charge is 0.162 e. The molecule has 0 saturated heterocycles. The molecule has 0 saturated carbocycles. The van der Waals surface area contributed by atoms with Crippen LogP contribution >= 0.6 is 11.6 Å². The van der Waals surface area contributed by atoms with Gasteiger partial charge in [-0.05, 0) is 30.7 Å². The number of ether oxygens (including phenoxy) is 1. The zero-order valence-electron chi connectivity index (χ0n) is 12.6. The number of nitrogens with zero attached hydrogens (tertiary/aromatic N) is 2. The van der Waals surface area contributed by atoms with Crippen molar-refractivity contribution in [1.29, 1.82) is 0 Å². The first kappa shape index (κ1) is 15.7. The molecule has 0 spiro atoms. The van der Waals surface area contributed by atoms with Gasteiger partial charge in [-0.3, -0.25) is 0 Å². The topological polar surface area (TPSA) is 47.0 Å². The monoisotopic (exact) mass is 305 g/mol. The van der Waals surface area contributed by atoms with E-state index in [0.717, 1.165) is 24.2 Å². The molecule has 1 aromatic carbocycles. The maximum absolute atomic E-state index is 5.96. The van der Waals surface area contributed by atoms with Gasteiger partial charge in [0, 0.05) is 29.5 Å². The Kier molecular flexibility index (Phi) is 5.53. The van der Waals surface area contributed by atoms with Gasteiger partial charge in [-0.25, -0.2) is 9.97 Å². The van der Waals surface area contributed by atoms with E-state index in [-0.39, 0.29) is 0 Å². The molecule has 0 atom stereocenters. The highest BCUT2D eigenvalue weighted by Crippen LogP contribution is 2.29. The number of methoxy groups -OCH3 is 1. The Balaban J connectivity index is 2.12. The van der Waals surface area contributed by atoms with Gasteiger partial charge in [-0.15, -0.1) is 0 Å². The molecule has 0 bridgehead atoms. The third kappa shape index (κ3) is 4.41. The van der Waals surface area contributed by atoms with Crippen LogP contribution in [0, 0.1) is 5.92 Å². The van der Waals surface area contributed by atoms with Crippen molar-refractivity contribution in [3.8, 4) is 17.1 Å². The summed E-state index contributed by atoms with van der Waals surface area (Å²) in [6.45, 7) is 6.11. The van der Waals surface area contributed by atoms with Crippen LogP contribution in [-0.4, -0.2) is 23.6 Å². The molecule has 5 heteroatoms. The molecule has 0 amide bonds. The number of aromatic nitrogens is 2. The summed E-state index contributed by atoms with van der Waals surface area (Å²) in [5.41, 5.74) is 1.90. The fraction of sp³-hybridized carbons (Fsp3) is 0.375. The maximum atomic E-state index is 5.96. The molecule has 0 aliphatic carbocycles. The van der Waals surface area contributed by atoms with Gasteiger partial charge in [0.15, 0.2) is 5.82 Å². The Morgan fingerprint density at radius 1 is 1.24 bits per heavy atom. The number of nitrogens with one attached hydrogen (secondary N) is 1. The van der Waals surface area contributed by atoms with Gasteiger partial charge in [0.25, 0.3) is 0 Å². The molecule has 4 nitrogen and oxygen atoms in total.